The summed E-state index contributed by atoms with van der Waals surface area (Å²) in [5.41, 5.74) is -5.31. The molecule has 1 aromatic carbocycles. The molecule has 28 heavy (non-hydrogen) atoms. The van der Waals surface area contributed by atoms with E-state index in [0.717, 1.165) is 36.8 Å². The third kappa shape index (κ3) is 10.4. The lowest BCUT2D eigenvalue weighted by Gasteiger charge is -2.13. The SMILES string of the molecule is CS(N)(=O)=O.C[C@@H](C(=O)NS(C)(=O)=O)c1ccc(OS(=O)(=O)C(F)(F)F)cc1. The molecule has 0 aliphatic rings. The van der Waals surface area contributed by atoms with Crippen LogP contribution in [0.4, 0.5) is 13.2 Å². The van der Waals surface area contributed by atoms with Crippen molar-refractivity contribution < 1.29 is 47.4 Å². The van der Waals surface area contributed by atoms with Gasteiger partial charge in [-0.2, -0.15) is 21.6 Å². The summed E-state index contributed by atoms with van der Waals surface area (Å²) >= 11 is 0. The lowest BCUT2D eigenvalue weighted by molar-refractivity contribution is -0.120. The summed E-state index contributed by atoms with van der Waals surface area (Å²) in [4.78, 5) is 11.6. The monoisotopic (exact) mass is 470 g/mol. The molecule has 3 N–H and O–H groups in total. The maximum absolute atomic E-state index is 12.2. The number of nitrogens with two attached hydrogens (primary N) is 1. The third-order valence-corrected chi connectivity index (χ3v) is 4.10. The van der Waals surface area contributed by atoms with E-state index in [2.05, 4.69) is 9.32 Å². The van der Waals surface area contributed by atoms with Gasteiger partial charge >= 0.3 is 15.6 Å². The van der Waals surface area contributed by atoms with Crippen molar-refractivity contribution >= 4 is 36.1 Å². The summed E-state index contributed by atoms with van der Waals surface area (Å²) in [6.07, 6.45) is 1.73. The van der Waals surface area contributed by atoms with Crippen LogP contribution in [0.2, 0.25) is 0 Å². The highest BCUT2D eigenvalue weighted by Gasteiger charge is 2.48. The molecule has 0 aromatic heterocycles. The number of benzene rings is 1. The van der Waals surface area contributed by atoms with Crippen molar-refractivity contribution in [3.05, 3.63) is 29.8 Å². The number of sulfonamides is 2. The zero-order valence-corrected chi connectivity index (χ0v) is 17.0. The van der Waals surface area contributed by atoms with E-state index >= 15 is 0 Å². The smallest absolute Gasteiger partial charge is 0.376 e. The average molecular weight is 470 g/mol. The number of amides is 1. The molecular formula is C12H17F3N2O8S3. The highest BCUT2D eigenvalue weighted by molar-refractivity contribution is 7.89. The molecule has 0 saturated carbocycles. The van der Waals surface area contributed by atoms with Crippen molar-refractivity contribution in [1.29, 1.82) is 0 Å². The molecule has 162 valence electrons. The molecule has 0 saturated heterocycles. The Balaban J connectivity index is 0.00000129. The number of hydrogen-bond donors (Lipinski definition) is 2. The largest absolute Gasteiger partial charge is 0.534 e. The van der Waals surface area contributed by atoms with E-state index in [1.54, 1.807) is 4.72 Å². The van der Waals surface area contributed by atoms with Crippen LogP contribution in [0, 0.1) is 0 Å². The summed E-state index contributed by atoms with van der Waals surface area (Å²) in [5.74, 6) is -2.37. The molecule has 0 aliphatic carbocycles. The van der Waals surface area contributed by atoms with Crippen LogP contribution in [0.15, 0.2) is 24.3 Å². The van der Waals surface area contributed by atoms with E-state index in [9.17, 15) is 43.2 Å². The number of nitrogens with one attached hydrogen (secondary N) is 1. The minimum atomic E-state index is -5.78. The van der Waals surface area contributed by atoms with Gasteiger partial charge < -0.3 is 4.18 Å². The Labute approximate surface area is 160 Å². The van der Waals surface area contributed by atoms with Crippen LogP contribution in [0.1, 0.15) is 18.4 Å². The first-order valence-electron chi connectivity index (χ1n) is 6.83. The molecule has 0 aliphatic heterocycles. The van der Waals surface area contributed by atoms with Crippen LogP contribution in [0.25, 0.3) is 0 Å². The Morgan fingerprint density at radius 3 is 1.75 bits per heavy atom. The maximum Gasteiger partial charge on any atom is 0.534 e. The summed E-state index contributed by atoms with van der Waals surface area (Å²) in [7, 11) is -12.7. The third-order valence-electron chi connectivity index (χ3n) is 2.55. The number of alkyl halides is 3. The first kappa shape index (κ1) is 26.1. The molecule has 0 unspecified atom stereocenters. The van der Waals surface area contributed by atoms with E-state index in [-0.39, 0.29) is 5.56 Å². The highest BCUT2D eigenvalue weighted by Crippen LogP contribution is 2.27. The van der Waals surface area contributed by atoms with Gasteiger partial charge in [-0.15, -0.1) is 0 Å². The van der Waals surface area contributed by atoms with Crippen molar-refractivity contribution in [3.63, 3.8) is 0 Å². The normalized spacial score (nSPS) is 13.7. The van der Waals surface area contributed by atoms with E-state index in [1.165, 1.54) is 6.92 Å². The van der Waals surface area contributed by atoms with Gasteiger partial charge in [-0.05, 0) is 24.6 Å². The topological polar surface area (TPSA) is 167 Å². The second-order valence-corrected chi connectivity index (χ2v) is 10.3. The van der Waals surface area contributed by atoms with Gasteiger partial charge in [-0.3, -0.25) is 9.52 Å². The first-order valence-corrected chi connectivity index (χ1v) is 12.1. The van der Waals surface area contributed by atoms with Crippen molar-refractivity contribution in [2.45, 2.75) is 18.3 Å². The lowest BCUT2D eigenvalue weighted by atomic mass is 10.0. The minimum Gasteiger partial charge on any atom is -0.376 e. The fourth-order valence-corrected chi connectivity index (χ4v) is 2.41. The number of carbonyl (C=O) groups excluding carboxylic acids is 1. The fourth-order valence-electron chi connectivity index (χ4n) is 1.41. The van der Waals surface area contributed by atoms with Gasteiger partial charge in [0.05, 0.1) is 18.4 Å². The maximum atomic E-state index is 12.2. The van der Waals surface area contributed by atoms with Crippen LogP contribution < -0.4 is 14.0 Å². The van der Waals surface area contributed by atoms with Crippen molar-refractivity contribution in [2.24, 2.45) is 5.14 Å². The van der Waals surface area contributed by atoms with Crippen molar-refractivity contribution in [2.75, 3.05) is 12.5 Å². The van der Waals surface area contributed by atoms with Gasteiger partial charge in [0.1, 0.15) is 5.75 Å². The van der Waals surface area contributed by atoms with Crippen LogP contribution in [0.5, 0.6) is 5.75 Å². The first-order chi connectivity index (χ1) is 12.2. The second-order valence-electron chi connectivity index (χ2n) is 5.34. The number of rotatable bonds is 5. The van der Waals surface area contributed by atoms with Gasteiger partial charge in [0.15, 0.2) is 0 Å². The van der Waals surface area contributed by atoms with Crippen molar-refractivity contribution in [3.8, 4) is 5.75 Å². The van der Waals surface area contributed by atoms with Gasteiger partial charge in [0.25, 0.3) is 0 Å². The van der Waals surface area contributed by atoms with E-state index in [1.807, 2.05) is 0 Å². The van der Waals surface area contributed by atoms with Crippen LogP contribution in [-0.2, 0) is 35.0 Å². The fraction of sp³-hybridized carbons (Fsp3) is 0.417. The molecule has 1 rings (SSSR count). The number of primary sulfonamides is 1. The molecular weight excluding hydrogens is 453 g/mol. The zero-order chi connectivity index (χ0) is 22.6. The molecule has 1 atom stereocenters. The van der Waals surface area contributed by atoms with Gasteiger partial charge in [0.2, 0.25) is 26.0 Å². The van der Waals surface area contributed by atoms with Gasteiger partial charge in [-0.25, -0.2) is 22.0 Å². The Kier molecular flexibility index (Phi) is 8.44. The Bertz CT molecular complexity index is 993. The van der Waals surface area contributed by atoms with E-state index in [4.69, 9.17) is 0 Å². The standard InChI is InChI=1S/C11H12F3NO6S2.CH5NO2S/c1-7(10(16)15-22(2,17)18)8-3-5-9(6-4-8)21-23(19,20)11(12,13)14;1-5(2,3)4/h3-7H,1-2H3,(H,15,16);1H3,(H2,2,3,4)/t7-;/m1./s1. The molecule has 0 bridgehead atoms. The molecule has 0 fully saturated rings. The number of carbonyl (C=O) groups is 1. The summed E-state index contributed by atoms with van der Waals surface area (Å²) < 4.78 is 105. The summed E-state index contributed by atoms with van der Waals surface area (Å²) in [6, 6.07) is 4.13. The van der Waals surface area contributed by atoms with E-state index < -0.39 is 53.2 Å². The molecule has 16 heteroatoms. The quantitative estimate of drug-likeness (QED) is 0.448. The van der Waals surface area contributed by atoms with Crippen LogP contribution in [-0.4, -0.2) is 49.2 Å². The van der Waals surface area contributed by atoms with Gasteiger partial charge in [0, 0.05) is 0 Å². The van der Waals surface area contributed by atoms with Crippen molar-refractivity contribution in [1.82, 2.24) is 4.72 Å². The second kappa shape index (κ2) is 9.06. The molecule has 10 nitrogen and oxygen atoms in total. The lowest BCUT2D eigenvalue weighted by Crippen LogP contribution is -2.32. The molecule has 1 aromatic rings. The Morgan fingerprint density at radius 1 is 1.04 bits per heavy atom. The molecule has 0 heterocycles. The van der Waals surface area contributed by atoms with Crippen LogP contribution in [0.3, 0.4) is 0 Å². The van der Waals surface area contributed by atoms with E-state index in [0.29, 0.717) is 0 Å². The molecule has 1 amide bonds. The number of hydrogen-bond acceptors (Lipinski definition) is 8. The summed E-state index contributed by atoms with van der Waals surface area (Å²) in [5, 5.41) is 4.33. The van der Waals surface area contributed by atoms with Gasteiger partial charge in [-0.1, -0.05) is 12.1 Å². The predicted octanol–water partition coefficient (Wildman–Crippen LogP) is -0.001000. The molecule has 0 radical (unpaired) electrons. The number of halogens is 3. The average Bonchev–Trinajstić information content (AvgIpc) is 2.42. The predicted molar refractivity (Wildman–Crippen MR) is 92.5 cm³/mol. The molecule has 0 spiro atoms. The summed E-state index contributed by atoms with van der Waals surface area (Å²) in [6.45, 7) is 1.36. The zero-order valence-electron chi connectivity index (χ0n) is 14.6. The Hall–Kier alpha value is -1.91. The Morgan fingerprint density at radius 2 is 1.43 bits per heavy atom. The van der Waals surface area contributed by atoms with Crippen LogP contribution >= 0.6 is 0 Å². The minimum absolute atomic E-state index is 0.253. The highest BCUT2D eigenvalue weighted by atomic mass is 32.2.